The highest BCUT2D eigenvalue weighted by Gasteiger charge is 2.19. The van der Waals surface area contributed by atoms with E-state index in [1.165, 1.54) is 25.1 Å². The van der Waals surface area contributed by atoms with Crippen LogP contribution >= 0.6 is 11.6 Å². The van der Waals surface area contributed by atoms with Crippen LogP contribution in [-0.4, -0.2) is 18.0 Å². The summed E-state index contributed by atoms with van der Waals surface area (Å²) >= 11 is 5.81. The number of rotatable bonds is 4. The molecule has 120 valence electrons. The minimum atomic E-state index is -0.945. The third-order valence-electron chi connectivity index (χ3n) is 3.29. The number of nitrogen functional groups attached to an aromatic ring is 1. The molecule has 2 rings (SSSR count). The molecule has 2 aromatic carbocycles. The van der Waals surface area contributed by atoms with Crippen molar-refractivity contribution in [1.29, 1.82) is 0 Å². The molecule has 5 nitrogen and oxygen atoms in total. The van der Waals surface area contributed by atoms with Crippen LogP contribution in [-0.2, 0) is 9.53 Å². The van der Waals surface area contributed by atoms with Gasteiger partial charge in [-0.25, -0.2) is 4.79 Å². The number of para-hydroxylation sites is 1. The van der Waals surface area contributed by atoms with Gasteiger partial charge < -0.3 is 15.8 Å². The largest absolute Gasteiger partial charge is 0.449 e. The smallest absolute Gasteiger partial charge is 0.338 e. The number of anilines is 2. The SMILES string of the molecule is Cc1ccccc1NC(=O)[C@@H](C)OC(=O)c1ccc(Cl)c(N)c1. The van der Waals surface area contributed by atoms with Crippen molar-refractivity contribution in [3.05, 3.63) is 58.6 Å². The lowest BCUT2D eigenvalue weighted by Crippen LogP contribution is -2.30. The van der Waals surface area contributed by atoms with E-state index in [-0.39, 0.29) is 11.3 Å². The lowest BCUT2D eigenvalue weighted by Gasteiger charge is -2.15. The molecule has 0 spiro atoms. The van der Waals surface area contributed by atoms with E-state index < -0.39 is 18.0 Å². The lowest BCUT2D eigenvalue weighted by molar-refractivity contribution is -0.123. The summed E-state index contributed by atoms with van der Waals surface area (Å²) in [6.07, 6.45) is -0.945. The summed E-state index contributed by atoms with van der Waals surface area (Å²) in [6.45, 7) is 3.38. The Balaban J connectivity index is 2.01. The first-order chi connectivity index (χ1) is 10.9. The van der Waals surface area contributed by atoms with Crippen LogP contribution in [0.2, 0.25) is 5.02 Å². The number of aryl methyl sites for hydroxylation is 1. The van der Waals surface area contributed by atoms with E-state index in [4.69, 9.17) is 22.1 Å². The van der Waals surface area contributed by atoms with Crippen LogP contribution in [0, 0.1) is 6.92 Å². The number of carbonyl (C=O) groups is 2. The van der Waals surface area contributed by atoms with Crippen molar-refractivity contribution in [2.24, 2.45) is 0 Å². The summed E-state index contributed by atoms with van der Waals surface area (Å²) in [4.78, 5) is 24.2. The quantitative estimate of drug-likeness (QED) is 0.664. The maximum absolute atomic E-state index is 12.1. The second-order valence-corrected chi connectivity index (χ2v) is 5.50. The minimum absolute atomic E-state index is 0.238. The summed E-state index contributed by atoms with van der Waals surface area (Å²) in [6, 6.07) is 11.8. The lowest BCUT2D eigenvalue weighted by atomic mass is 10.2. The van der Waals surface area contributed by atoms with Crippen molar-refractivity contribution in [3.8, 4) is 0 Å². The zero-order valence-corrected chi connectivity index (χ0v) is 13.6. The van der Waals surface area contributed by atoms with Crippen molar-refractivity contribution in [2.45, 2.75) is 20.0 Å². The summed E-state index contributed by atoms with van der Waals surface area (Å²) in [5, 5.41) is 3.08. The maximum atomic E-state index is 12.1. The van der Waals surface area contributed by atoms with Gasteiger partial charge in [0.15, 0.2) is 6.10 Å². The average Bonchev–Trinajstić information content (AvgIpc) is 2.52. The van der Waals surface area contributed by atoms with Crippen molar-refractivity contribution in [3.63, 3.8) is 0 Å². The molecule has 0 saturated heterocycles. The van der Waals surface area contributed by atoms with Crippen LogP contribution in [0.3, 0.4) is 0 Å². The molecule has 0 heterocycles. The van der Waals surface area contributed by atoms with Gasteiger partial charge in [-0.15, -0.1) is 0 Å². The van der Waals surface area contributed by atoms with Gasteiger partial charge in [0.2, 0.25) is 0 Å². The number of halogens is 1. The molecule has 0 aliphatic rings. The second-order valence-electron chi connectivity index (χ2n) is 5.09. The fourth-order valence-corrected chi connectivity index (χ4v) is 2.02. The Morgan fingerprint density at radius 3 is 2.57 bits per heavy atom. The number of amides is 1. The molecule has 6 heteroatoms. The van der Waals surface area contributed by atoms with E-state index in [1.54, 1.807) is 6.07 Å². The zero-order chi connectivity index (χ0) is 17.0. The van der Waals surface area contributed by atoms with Crippen LogP contribution in [0.5, 0.6) is 0 Å². The Morgan fingerprint density at radius 1 is 1.22 bits per heavy atom. The number of benzene rings is 2. The Morgan fingerprint density at radius 2 is 1.91 bits per heavy atom. The van der Waals surface area contributed by atoms with Crippen molar-refractivity contribution < 1.29 is 14.3 Å². The second kappa shape index (κ2) is 7.15. The number of nitrogens with one attached hydrogen (secondary N) is 1. The Bertz CT molecular complexity index is 746. The first-order valence-electron chi connectivity index (χ1n) is 7.01. The van der Waals surface area contributed by atoms with Crippen LogP contribution in [0.15, 0.2) is 42.5 Å². The minimum Gasteiger partial charge on any atom is -0.449 e. The number of nitrogens with two attached hydrogens (primary N) is 1. The third-order valence-corrected chi connectivity index (χ3v) is 3.63. The molecule has 3 N–H and O–H groups in total. The van der Waals surface area contributed by atoms with Crippen molar-refractivity contribution >= 4 is 34.9 Å². The summed E-state index contributed by atoms with van der Waals surface area (Å²) < 4.78 is 5.16. The fourth-order valence-electron chi connectivity index (χ4n) is 1.90. The highest BCUT2D eigenvalue weighted by molar-refractivity contribution is 6.33. The highest BCUT2D eigenvalue weighted by atomic mass is 35.5. The molecule has 1 amide bonds. The van der Waals surface area contributed by atoms with Gasteiger partial charge in [0.05, 0.1) is 16.3 Å². The molecule has 0 fully saturated rings. The number of hydrogen-bond acceptors (Lipinski definition) is 4. The molecule has 0 saturated carbocycles. The molecule has 2 aromatic rings. The van der Waals surface area contributed by atoms with Crippen molar-refractivity contribution in [1.82, 2.24) is 0 Å². The van der Waals surface area contributed by atoms with Crippen molar-refractivity contribution in [2.75, 3.05) is 11.1 Å². The average molecular weight is 333 g/mol. The molecule has 23 heavy (non-hydrogen) atoms. The van der Waals surface area contributed by atoms with Gasteiger partial charge in [0, 0.05) is 5.69 Å². The van der Waals surface area contributed by atoms with Crippen LogP contribution in [0.1, 0.15) is 22.8 Å². The van der Waals surface area contributed by atoms with E-state index in [9.17, 15) is 9.59 Å². The molecule has 0 aliphatic heterocycles. The van der Waals surface area contributed by atoms with Gasteiger partial charge in [-0.3, -0.25) is 4.79 Å². The molecular formula is C17H17ClN2O3. The van der Waals surface area contributed by atoms with E-state index >= 15 is 0 Å². The Hall–Kier alpha value is -2.53. The predicted octanol–water partition coefficient (Wildman–Crippen LogP) is 3.41. The van der Waals surface area contributed by atoms with Gasteiger partial charge in [0.25, 0.3) is 5.91 Å². The van der Waals surface area contributed by atoms with Gasteiger partial charge >= 0.3 is 5.97 Å². The first-order valence-corrected chi connectivity index (χ1v) is 7.39. The fraction of sp³-hybridized carbons (Fsp3) is 0.176. The third kappa shape index (κ3) is 4.23. The Labute approximate surface area is 139 Å². The normalized spacial score (nSPS) is 11.6. The number of hydrogen-bond donors (Lipinski definition) is 2. The monoisotopic (exact) mass is 332 g/mol. The summed E-state index contributed by atoms with van der Waals surface area (Å²) in [5.74, 6) is -1.05. The predicted molar refractivity (Wildman–Crippen MR) is 90.6 cm³/mol. The number of ether oxygens (including phenoxy) is 1. The molecule has 0 radical (unpaired) electrons. The molecule has 0 bridgehead atoms. The van der Waals surface area contributed by atoms with E-state index in [0.29, 0.717) is 10.7 Å². The summed E-state index contributed by atoms with van der Waals surface area (Å²) in [5.41, 5.74) is 7.76. The van der Waals surface area contributed by atoms with Gasteiger partial charge in [-0.05, 0) is 43.7 Å². The van der Waals surface area contributed by atoms with E-state index in [2.05, 4.69) is 5.32 Å². The Kier molecular flexibility index (Phi) is 5.24. The topological polar surface area (TPSA) is 81.4 Å². The standard InChI is InChI=1S/C17H17ClN2O3/c1-10-5-3-4-6-15(10)20-16(21)11(2)23-17(22)12-7-8-13(18)14(19)9-12/h3-9,11H,19H2,1-2H3,(H,20,21)/t11-/m1/s1. The van der Waals surface area contributed by atoms with E-state index in [1.807, 2.05) is 25.1 Å². The van der Waals surface area contributed by atoms with E-state index in [0.717, 1.165) is 5.56 Å². The van der Waals surface area contributed by atoms with Crippen LogP contribution < -0.4 is 11.1 Å². The molecular weight excluding hydrogens is 316 g/mol. The number of esters is 1. The first kappa shape index (κ1) is 16.8. The summed E-state index contributed by atoms with van der Waals surface area (Å²) in [7, 11) is 0. The van der Waals surface area contributed by atoms with Gasteiger partial charge in [0.1, 0.15) is 0 Å². The van der Waals surface area contributed by atoms with Gasteiger partial charge in [-0.1, -0.05) is 29.8 Å². The molecule has 0 unspecified atom stereocenters. The highest BCUT2D eigenvalue weighted by Crippen LogP contribution is 2.20. The van der Waals surface area contributed by atoms with Gasteiger partial charge in [-0.2, -0.15) is 0 Å². The molecule has 1 atom stereocenters. The zero-order valence-electron chi connectivity index (χ0n) is 12.8. The number of carbonyl (C=O) groups excluding carboxylic acids is 2. The molecule has 0 aromatic heterocycles. The van der Waals surface area contributed by atoms with Crippen LogP contribution in [0.4, 0.5) is 11.4 Å². The molecule has 0 aliphatic carbocycles. The van der Waals surface area contributed by atoms with Crippen LogP contribution in [0.25, 0.3) is 0 Å². The maximum Gasteiger partial charge on any atom is 0.338 e.